The van der Waals surface area contributed by atoms with Crippen molar-refractivity contribution in [1.29, 1.82) is 0 Å². The first-order valence-electron chi connectivity index (χ1n) is 8.14. The molecular weight excluding hydrogens is 431 g/mol. The number of nitrogens with zero attached hydrogens (tertiary/aromatic N) is 2. The van der Waals surface area contributed by atoms with Crippen LogP contribution >= 0.6 is 24.0 Å². The molecule has 0 aliphatic rings. The zero-order valence-electron chi connectivity index (χ0n) is 15.3. The van der Waals surface area contributed by atoms with E-state index >= 15 is 0 Å². The zero-order chi connectivity index (χ0) is 17.4. The second-order valence-corrected chi connectivity index (χ2v) is 5.50. The number of aryl methyl sites for hydroxylation is 2. The Kier molecular flexibility index (Phi) is 9.51. The molecule has 0 unspecified atom stereocenters. The van der Waals surface area contributed by atoms with Gasteiger partial charge in [-0.25, -0.2) is 9.98 Å². The summed E-state index contributed by atoms with van der Waals surface area (Å²) in [5.41, 5.74) is 3.22. The standard InChI is InChI=1S/C18H26N4O2.HI/c1-5-19-18(21-11-17-22-13(2)14(3)24-17)20-10-15-8-6-7-9-16(15)12-23-4;/h6-9H,5,10-12H2,1-4H3,(H2,19,20,21);1H. The Balaban J connectivity index is 0.00000312. The lowest BCUT2D eigenvalue weighted by atomic mass is 10.1. The van der Waals surface area contributed by atoms with Gasteiger partial charge in [0.05, 0.1) is 25.4 Å². The smallest absolute Gasteiger partial charge is 0.214 e. The molecule has 1 aromatic heterocycles. The molecule has 2 rings (SSSR count). The highest BCUT2D eigenvalue weighted by molar-refractivity contribution is 14.0. The molecule has 0 bridgehead atoms. The number of rotatable bonds is 7. The van der Waals surface area contributed by atoms with Crippen molar-refractivity contribution in [3.8, 4) is 0 Å². The highest BCUT2D eigenvalue weighted by Crippen LogP contribution is 2.11. The Hall–Kier alpha value is -1.61. The number of aromatic nitrogens is 1. The maximum absolute atomic E-state index is 5.58. The topological polar surface area (TPSA) is 71.7 Å². The van der Waals surface area contributed by atoms with Crippen molar-refractivity contribution >= 4 is 29.9 Å². The molecule has 0 fully saturated rings. The van der Waals surface area contributed by atoms with Crippen LogP contribution in [0.2, 0.25) is 0 Å². The molecule has 6 nitrogen and oxygen atoms in total. The van der Waals surface area contributed by atoms with Gasteiger partial charge in [0.15, 0.2) is 5.96 Å². The summed E-state index contributed by atoms with van der Waals surface area (Å²) in [5, 5.41) is 6.48. The Morgan fingerprint density at radius 2 is 1.92 bits per heavy atom. The van der Waals surface area contributed by atoms with E-state index in [1.165, 1.54) is 0 Å². The minimum Gasteiger partial charge on any atom is -0.444 e. The van der Waals surface area contributed by atoms with Gasteiger partial charge in [-0.1, -0.05) is 24.3 Å². The summed E-state index contributed by atoms with van der Waals surface area (Å²) in [7, 11) is 1.70. The number of halogens is 1. The Morgan fingerprint density at radius 3 is 2.52 bits per heavy atom. The Bertz CT molecular complexity index is 666. The van der Waals surface area contributed by atoms with E-state index in [1.807, 2.05) is 32.9 Å². The van der Waals surface area contributed by atoms with Gasteiger partial charge >= 0.3 is 0 Å². The van der Waals surface area contributed by atoms with Gasteiger partial charge in [0.25, 0.3) is 0 Å². The Labute approximate surface area is 166 Å². The number of ether oxygens (including phenoxy) is 1. The maximum Gasteiger partial charge on any atom is 0.214 e. The van der Waals surface area contributed by atoms with E-state index < -0.39 is 0 Å². The average Bonchev–Trinajstić information content (AvgIpc) is 2.90. The third kappa shape index (κ3) is 6.66. The second-order valence-electron chi connectivity index (χ2n) is 5.50. The molecule has 2 N–H and O–H groups in total. The van der Waals surface area contributed by atoms with Crippen LogP contribution in [0, 0.1) is 13.8 Å². The lowest BCUT2D eigenvalue weighted by Crippen LogP contribution is -2.36. The molecule has 0 amide bonds. The molecule has 1 aromatic carbocycles. The number of methoxy groups -OCH3 is 1. The normalized spacial score (nSPS) is 11.1. The molecule has 0 saturated carbocycles. The molecule has 2 aromatic rings. The van der Waals surface area contributed by atoms with Gasteiger partial charge in [-0.05, 0) is 31.9 Å². The van der Waals surface area contributed by atoms with Crippen LogP contribution < -0.4 is 10.6 Å². The van der Waals surface area contributed by atoms with Gasteiger partial charge in [-0.3, -0.25) is 0 Å². The molecular formula is C18H27IN4O2. The molecule has 0 aliphatic carbocycles. The van der Waals surface area contributed by atoms with Gasteiger partial charge in [0.1, 0.15) is 5.76 Å². The van der Waals surface area contributed by atoms with Gasteiger partial charge in [-0.15, -0.1) is 24.0 Å². The fourth-order valence-corrected chi connectivity index (χ4v) is 2.29. The van der Waals surface area contributed by atoms with Crippen molar-refractivity contribution < 1.29 is 9.15 Å². The molecule has 0 saturated heterocycles. The number of hydrogen-bond donors (Lipinski definition) is 2. The molecule has 1 heterocycles. The van der Waals surface area contributed by atoms with Crippen LogP contribution in [-0.2, 0) is 24.4 Å². The molecule has 0 atom stereocenters. The highest BCUT2D eigenvalue weighted by atomic mass is 127. The number of benzene rings is 1. The number of hydrogen-bond acceptors (Lipinski definition) is 4. The number of guanidine groups is 1. The molecule has 138 valence electrons. The summed E-state index contributed by atoms with van der Waals surface area (Å²) in [6.07, 6.45) is 0. The SMILES string of the molecule is CCNC(=NCc1ccccc1COC)NCc1nc(C)c(C)o1.I. The highest BCUT2D eigenvalue weighted by Gasteiger charge is 2.07. The van der Waals surface area contributed by atoms with Gasteiger partial charge in [-0.2, -0.15) is 0 Å². The summed E-state index contributed by atoms with van der Waals surface area (Å²) in [6.45, 7) is 8.35. The van der Waals surface area contributed by atoms with Crippen molar-refractivity contribution in [2.24, 2.45) is 4.99 Å². The average molecular weight is 458 g/mol. The lowest BCUT2D eigenvalue weighted by molar-refractivity contribution is 0.184. The van der Waals surface area contributed by atoms with Crippen molar-refractivity contribution in [3.05, 3.63) is 52.7 Å². The molecule has 25 heavy (non-hydrogen) atoms. The van der Waals surface area contributed by atoms with E-state index in [0.29, 0.717) is 25.6 Å². The lowest BCUT2D eigenvalue weighted by Gasteiger charge is -2.11. The summed E-state index contributed by atoms with van der Waals surface area (Å²) >= 11 is 0. The van der Waals surface area contributed by atoms with Crippen LogP contribution in [0.5, 0.6) is 0 Å². The number of oxazole rings is 1. The largest absolute Gasteiger partial charge is 0.444 e. The fraction of sp³-hybridized carbons (Fsp3) is 0.444. The third-order valence-corrected chi connectivity index (χ3v) is 3.65. The van der Waals surface area contributed by atoms with E-state index in [-0.39, 0.29) is 24.0 Å². The summed E-state index contributed by atoms with van der Waals surface area (Å²) in [4.78, 5) is 9.01. The molecule has 7 heteroatoms. The van der Waals surface area contributed by atoms with Crippen molar-refractivity contribution in [3.63, 3.8) is 0 Å². The first kappa shape index (κ1) is 21.4. The van der Waals surface area contributed by atoms with Crippen LogP contribution in [0.4, 0.5) is 0 Å². The second kappa shape index (κ2) is 11.1. The van der Waals surface area contributed by atoms with Crippen LogP contribution in [0.15, 0.2) is 33.7 Å². The summed E-state index contributed by atoms with van der Waals surface area (Å²) in [6, 6.07) is 8.16. The number of aliphatic imine (C=N–C) groups is 1. The minimum absolute atomic E-state index is 0. The third-order valence-electron chi connectivity index (χ3n) is 3.65. The van der Waals surface area contributed by atoms with Gasteiger partial charge in [0, 0.05) is 13.7 Å². The quantitative estimate of drug-likeness (QED) is 0.379. The van der Waals surface area contributed by atoms with Crippen molar-refractivity contribution in [2.75, 3.05) is 13.7 Å². The van der Waals surface area contributed by atoms with Gasteiger partial charge < -0.3 is 19.8 Å². The van der Waals surface area contributed by atoms with Crippen molar-refractivity contribution in [1.82, 2.24) is 15.6 Å². The van der Waals surface area contributed by atoms with Crippen molar-refractivity contribution in [2.45, 2.75) is 40.5 Å². The fourth-order valence-electron chi connectivity index (χ4n) is 2.29. The molecule has 0 radical (unpaired) electrons. The number of nitrogens with one attached hydrogen (secondary N) is 2. The zero-order valence-corrected chi connectivity index (χ0v) is 17.6. The van der Waals surface area contributed by atoms with E-state index in [2.05, 4.69) is 32.7 Å². The van der Waals surface area contributed by atoms with Gasteiger partial charge in [0.2, 0.25) is 5.89 Å². The first-order valence-corrected chi connectivity index (χ1v) is 8.14. The molecule has 0 aliphatic heterocycles. The van der Waals surface area contributed by atoms with Crippen LogP contribution in [0.1, 0.15) is 35.4 Å². The predicted molar refractivity (Wildman–Crippen MR) is 110 cm³/mol. The van der Waals surface area contributed by atoms with E-state index in [1.54, 1.807) is 7.11 Å². The predicted octanol–water partition coefficient (Wildman–Crippen LogP) is 3.31. The molecule has 0 spiro atoms. The van der Waals surface area contributed by atoms with E-state index in [4.69, 9.17) is 9.15 Å². The first-order chi connectivity index (χ1) is 11.6. The Morgan fingerprint density at radius 1 is 1.20 bits per heavy atom. The summed E-state index contributed by atoms with van der Waals surface area (Å²) in [5.74, 6) is 2.25. The van der Waals surface area contributed by atoms with E-state index in [9.17, 15) is 0 Å². The van der Waals surface area contributed by atoms with E-state index in [0.717, 1.165) is 35.1 Å². The summed E-state index contributed by atoms with van der Waals surface area (Å²) < 4.78 is 10.8. The minimum atomic E-state index is 0. The maximum atomic E-state index is 5.58. The van der Waals surface area contributed by atoms with Crippen LogP contribution in [-0.4, -0.2) is 24.6 Å². The van der Waals surface area contributed by atoms with Crippen LogP contribution in [0.25, 0.3) is 0 Å². The monoisotopic (exact) mass is 458 g/mol. The van der Waals surface area contributed by atoms with Crippen LogP contribution in [0.3, 0.4) is 0 Å².